The van der Waals surface area contributed by atoms with E-state index >= 15 is 0 Å². The van der Waals surface area contributed by atoms with Crippen LogP contribution in [0.3, 0.4) is 0 Å². The molecule has 4 fully saturated rings. The zero-order valence-corrected chi connectivity index (χ0v) is 14.1. The molecule has 0 atom stereocenters. The van der Waals surface area contributed by atoms with Crippen LogP contribution in [0.15, 0.2) is 0 Å². The smallest absolute Gasteiger partial charge is 0.332 e. The van der Waals surface area contributed by atoms with Crippen molar-refractivity contribution in [3.05, 3.63) is 0 Å². The summed E-state index contributed by atoms with van der Waals surface area (Å²) in [5.41, 5.74) is -0.148. The number of urea groups is 1. The average Bonchev–Trinajstić information content (AvgIpc) is 2.48. The fraction of sp³-hybridized carbons (Fsp3) is 0.824. The van der Waals surface area contributed by atoms with Gasteiger partial charge < -0.3 is 14.8 Å². The van der Waals surface area contributed by atoms with Gasteiger partial charge in [-0.1, -0.05) is 0 Å². The van der Waals surface area contributed by atoms with Crippen LogP contribution in [0.25, 0.3) is 0 Å². The molecule has 0 aromatic rings. The summed E-state index contributed by atoms with van der Waals surface area (Å²) in [6, 6.07) is -0.484. The SMILES string of the molecule is CCOCC(=O)OCC(=O)NC(=O)NC12CC3CC(CC(C3)C1)C2. The first-order valence-corrected chi connectivity index (χ1v) is 8.83. The van der Waals surface area contributed by atoms with Crippen molar-refractivity contribution < 1.29 is 23.9 Å². The molecule has 0 aliphatic heterocycles. The Morgan fingerprint density at radius 3 is 2.12 bits per heavy atom. The van der Waals surface area contributed by atoms with Gasteiger partial charge in [0.25, 0.3) is 5.91 Å². The lowest BCUT2D eigenvalue weighted by Crippen LogP contribution is -2.62. The molecule has 134 valence electrons. The Morgan fingerprint density at radius 2 is 1.58 bits per heavy atom. The number of carbonyl (C=O) groups is 3. The fourth-order valence-corrected chi connectivity index (χ4v) is 5.07. The minimum absolute atomic E-state index is 0.148. The van der Waals surface area contributed by atoms with Gasteiger partial charge in [0.1, 0.15) is 6.61 Å². The highest BCUT2D eigenvalue weighted by Crippen LogP contribution is 2.55. The molecule has 0 heterocycles. The molecule has 24 heavy (non-hydrogen) atoms. The van der Waals surface area contributed by atoms with Gasteiger partial charge in [-0.25, -0.2) is 9.59 Å². The minimum Gasteiger partial charge on any atom is -0.454 e. The average molecular weight is 338 g/mol. The molecule has 4 saturated carbocycles. The van der Waals surface area contributed by atoms with Gasteiger partial charge in [0.2, 0.25) is 0 Å². The van der Waals surface area contributed by atoms with Crippen molar-refractivity contribution in [1.82, 2.24) is 10.6 Å². The summed E-state index contributed by atoms with van der Waals surface area (Å²) in [5.74, 6) is 0.904. The first-order chi connectivity index (χ1) is 11.5. The van der Waals surface area contributed by atoms with Crippen molar-refractivity contribution in [2.45, 2.75) is 51.0 Å². The largest absolute Gasteiger partial charge is 0.454 e. The molecule has 0 saturated heterocycles. The third kappa shape index (κ3) is 4.06. The van der Waals surface area contributed by atoms with Crippen molar-refractivity contribution in [3.8, 4) is 0 Å². The molecule has 4 rings (SSSR count). The molecule has 0 unspecified atom stereocenters. The summed E-state index contributed by atoms with van der Waals surface area (Å²) in [6.45, 7) is 1.49. The maximum absolute atomic E-state index is 12.1. The molecule has 0 aromatic heterocycles. The second-order valence-electron chi connectivity index (χ2n) is 7.50. The number of hydrogen-bond donors (Lipinski definition) is 2. The van der Waals surface area contributed by atoms with Crippen molar-refractivity contribution in [2.24, 2.45) is 17.8 Å². The number of rotatable bonds is 6. The number of ether oxygens (including phenoxy) is 2. The second-order valence-corrected chi connectivity index (χ2v) is 7.50. The lowest BCUT2D eigenvalue weighted by molar-refractivity contribution is -0.152. The van der Waals surface area contributed by atoms with Crippen LogP contribution in [-0.4, -0.2) is 43.3 Å². The summed E-state index contributed by atoms with van der Waals surface area (Å²) >= 11 is 0. The van der Waals surface area contributed by atoms with Crippen LogP contribution in [-0.2, 0) is 19.1 Å². The van der Waals surface area contributed by atoms with Gasteiger partial charge in [-0.15, -0.1) is 0 Å². The summed E-state index contributed by atoms with van der Waals surface area (Å²) in [7, 11) is 0. The lowest BCUT2D eigenvalue weighted by Gasteiger charge is -2.56. The minimum atomic E-state index is -0.623. The number of amides is 3. The molecule has 0 aromatic carbocycles. The molecule has 0 radical (unpaired) electrons. The van der Waals surface area contributed by atoms with Gasteiger partial charge in [0.05, 0.1) is 0 Å². The van der Waals surface area contributed by atoms with Gasteiger partial charge in [-0.05, 0) is 63.2 Å². The van der Waals surface area contributed by atoms with Gasteiger partial charge in [0, 0.05) is 12.1 Å². The first kappa shape index (κ1) is 17.2. The van der Waals surface area contributed by atoms with Crippen molar-refractivity contribution in [2.75, 3.05) is 19.8 Å². The molecule has 4 aliphatic carbocycles. The van der Waals surface area contributed by atoms with Crippen molar-refractivity contribution >= 4 is 17.9 Å². The Hall–Kier alpha value is -1.63. The highest BCUT2D eigenvalue weighted by molar-refractivity contribution is 5.95. The third-order valence-electron chi connectivity index (χ3n) is 5.46. The molecular weight excluding hydrogens is 312 g/mol. The van der Waals surface area contributed by atoms with E-state index < -0.39 is 24.5 Å². The molecule has 2 N–H and O–H groups in total. The topological polar surface area (TPSA) is 93.7 Å². The number of imide groups is 1. The quantitative estimate of drug-likeness (QED) is 0.713. The van der Waals surface area contributed by atoms with Crippen LogP contribution in [0.2, 0.25) is 0 Å². The Kier molecular flexibility index (Phi) is 5.08. The molecule has 7 nitrogen and oxygen atoms in total. The van der Waals surface area contributed by atoms with Gasteiger partial charge in [-0.3, -0.25) is 10.1 Å². The summed E-state index contributed by atoms with van der Waals surface area (Å²) in [5, 5.41) is 5.30. The monoisotopic (exact) mass is 338 g/mol. The highest BCUT2D eigenvalue weighted by Gasteiger charge is 2.51. The summed E-state index contributed by atoms with van der Waals surface area (Å²) in [4.78, 5) is 35.1. The Morgan fingerprint density at radius 1 is 1.00 bits per heavy atom. The molecule has 3 amide bonds. The van der Waals surface area contributed by atoms with E-state index in [-0.39, 0.29) is 12.1 Å². The summed E-state index contributed by atoms with van der Waals surface area (Å²) < 4.78 is 9.63. The first-order valence-electron chi connectivity index (χ1n) is 8.83. The zero-order chi connectivity index (χ0) is 17.2. The summed E-state index contributed by atoms with van der Waals surface area (Å²) in [6.07, 6.45) is 6.92. The van der Waals surface area contributed by atoms with E-state index in [9.17, 15) is 14.4 Å². The zero-order valence-electron chi connectivity index (χ0n) is 14.1. The lowest BCUT2D eigenvalue weighted by atomic mass is 9.53. The van der Waals surface area contributed by atoms with E-state index in [2.05, 4.69) is 10.6 Å². The standard InChI is InChI=1S/C17H26N2O5/c1-2-23-10-15(21)24-9-14(20)18-16(22)19-17-6-11-3-12(7-17)5-13(4-11)8-17/h11-13H,2-10H2,1H3,(H2,18,19,20,22). The molecule has 4 bridgehead atoms. The van der Waals surface area contributed by atoms with E-state index in [1.165, 1.54) is 19.3 Å². The number of nitrogens with one attached hydrogen (secondary N) is 2. The molecule has 7 heteroatoms. The van der Waals surface area contributed by atoms with Crippen LogP contribution in [0.1, 0.15) is 45.4 Å². The van der Waals surface area contributed by atoms with Gasteiger partial charge in [-0.2, -0.15) is 0 Å². The van der Waals surface area contributed by atoms with Crippen LogP contribution in [0, 0.1) is 17.8 Å². The predicted molar refractivity (Wildman–Crippen MR) is 85.0 cm³/mol. The van der Waals surface area contributed by atoms with Crippen LogP contribution in [0.5, 0.6) is 0 Å². The fourth-order valence-electron chi connectivity index (χ4n) is 5.07. The van der Waals surface area contributed by atoms with E-state index in [1.807, 2.05) is 0 Å². The van der Waals surface area contributed by atoms with E-state index in [0.29, 0.717) is 24.4 Å². The second kappa shape index (κ2) is 7.09. The van der Waals surface area contributed by atoms with Crippen molar-refractivity contribution in [1.29, 1.82) is 0 Å². The van der Waals surface area contributed by atoms with Crippen LogP contribution < -0.4 is 10.6 Å². The third-order valence-corrected chi connectivity index (χ3v) is 5.46. The van der Waals surface area contributed by atoms with Gasteiger partial charge in [0.15, 0.2) is 6.61 Å². The van der Waals surface area contributed by atoms with Gasteiger partial charge >= 0.3 is 12.0 Å². The Bertz CT molecular complexity index is 484. The maximum atomic E-state index is 12.1. The Balaban J connectivity index is 1.42. The molecule has 0 spiro atoms. The van der Waals surface area contributed by atoms with Crippen LogP contribution >= 0.6 is 0 Å². The number of carbonyl (C=O) groups excluding carboxylic acids is 3. The predicted octanol–water partition coefficient (Wildman–Crippen LogP) is 1.36. The highest BCUT2D eigenvalue weighted by atomic mass is 16.6. The van der Waals surface area contributed by atoms with Crippen molar-refractivity contribution in [3.63, 3.8) is 0 Å². The van der Waals surface area contributed by atoms with E-state index in [4.69, 9.17) is 9.47 Å². The van der Waals surface area contributed by atoms with E-state index in [0.717, 1.165) is 19.3 Å². The van der Waals surface area contributed by atoms with E-state index in [1.54, 1.807) is 6.92 Å². The van der Waals surface area contributed by atoms with Crippen LogP contribution in [0.4, 0.5) is 4.79 Å². The molecule has 4 aliphatic rings. The molecular formula is C17H26N2O5. The Labute approximate surface area is 141 Å². The maximum Gasteiger partial charge on any atom is 0.332 e. The number of esters is 1. The normalized spacial score (nSPS) is 33.1. The number of hydrogen-bond acceptors (Lipinski definition) is 5.